The van der Waals surface area contributed by atoms with Crippen molar-refractivity contribution in [2.75, 3.05) is 36.5 Å². The van der Waals surface area contributed by atoms with Crippen molar-refractivity contribution >= 4 is 35.1 Å². The fourth-order valence-electron chi connectivity index (χ4n) is 2.98. The highest BCUT2D eigenvalue weighted by Gasteiger charge is 2.17. The first-order chi connectivity index (χ1) is 15.1. The molecule has 0 atom stereocenters. The van der Waals surface area contributed by atoms with Crippen LogP contribution in [0.3, 0.4) is 0 Å². The zero-order chi connectivity index (χ0) is 21.6. The van der Waals surface area contributed by atoms with Crippen LogP contribution in [0.15, 0.2) is 52.7 Å². The molecule has 3 aromatic rings. The molecule has 0 amide bonds. The molecular formula is C21H22ClN7O2. The van der Waals surface area contributed by atoms with Crippen LogP contribution in [0.1, 0.15) is 11.1 Å². The maximum absolute atomic E-state index is 9.89. The molecule has 1 aliphatic rings. The molecule has 0 radical (unpaired) electrons. The number of anilines is 3. The summed E-state index contributed by atoms with van der Waals surface area (Å²) in [7, 11) is 0. The van der Waals surface area contributed by atoms with Crippen LogP contribution < -0.4 is 10.2 Å². The van der Waals surface area contributed by atoms with Crippen LogP contribution >= 0.6 is 11.6 Å². The van der Waals surface area contributed by atoms with Crippen LogP contribution in [0.5, 0.6) is 5.75 Å². The average Bonchev–Trinajstić information content (AvgIpc) is 2.78. The topological polar surface area (TPSA) is 108 Å². The number of azo groups is 1. The van der Waals surface area contributed by atoms with Crippen LogP contribution in [-0.4, -0.2) is 46.4 Å². The Balaban J connectivity index is 1.60. The summed E-state index contributed by atoms with van der Waals surface area (Å²) in [6.07, 6.45) is 0. The van der Waals surface area contributed by atoms with E-state index in [-0.39, 0.29) is 18.2 Å². The van der Waals surface area contributed by atoms with Gasteiger partial charge in [-0.25, -0.2) is 0 Å². The molecule has 0 bridgehead atoms. The molecule has 2 heterocycles. The lowest BCUT2D eigenvalue weighted by Gasteiger charge is -2.26. The normalized spacial score (nSPS) is 14.2. The van der Waals surface area contributed by atoms with Crippen molar-refractivity contribution in [2.24, 2.45) is 10.2 Å². The van der Waals surface area contributed by atoms with Gasteiger partial charge in [0.15, 0.2) is 0 Å². The Bertz CT molecular complexity index is 1090. The monoisotopic (exact) mass is 439 g/mol. The van der Waals surface area contributed by atoms with Crippen LogP contribution in [0.25, 0.3) is 0 Å². The third kappa shape index (κ3) is 5.44. The van der Waals surface area contributed by atoms with Gasteiger partial charge in [-0.1, -0.05) is 35.9 Å². The number of halogens is 1. The number of hydrogen-bond donors (Lipinski definition) is 2. The number of para-hydroxylation sites is 1. The Labute approximate surface area is 184 Å². The summed E-state index contributed by atoms with van der Waals surface area (Å²) in [5.74, 6) is 1.18. The standard InChI is InChI=1S/C21H22ClN7O2/c1-14-6-7-16(12-17(14)22)24-19-25-20(27-21(26-19)29-8-10-31-11-9-29)28-23-13-15-4-2-3-5-18(15)30/h2-7,12,30H,8-11,13H2,1H3,(H,24,25,26,27). The van der Waals surface area contributed by atoms with Crippen molar-refractivity contribution < 1.29 is 9.84 Å². The van der Waals surface area contributed by atoms with Gasteiger partial charge in [0.2, 0.25) is 11.9 Å². The summed E-state index contributed by atoms with van der Waals surface area (Å²) in [5, 5.41) is 22.0. The SMILES string of the molecule is Cc1ccc(Nc2nc(N=NCc3ccccc3O)nc(N3CCOCC3)n2)cc1Cl. The summed E-state index contributed by atoms with van der Waals surface area (Å²) in [5.41, 5.74) is 2.41. The van der Waals surface area contributed by atoms with Crippen molar-refractivity contribution in [2.45, 2.75) is 13.5 Å². The summed E-state index contributed by atoms with van der Waals surface area (Å²) in [6.45, 7) is 4.71. The maximum Gasteiger partial charge on any atom is 0.275 e. The van der Waals surface area contributed by atoms with E-state index in [2.05, 4.69) is 30.5 Å². The van der Waals surface area contributed by atoms with Crippen molar-refractivity contribution in [3.05, 3.63) is 58.6 Å². The van der Waals surface area contributed by atoms with Crippen LogP contribution in [0, 0.1) is 6.92 Å². The molecule has 0 aliphatic carbocycles. The van der Waals surface area contributed by atoms with Gasteiger partial charge in [0.1, 0.15) is 5.75 Å². The van der Waals surface area contributed by atoms with E-state index in [0.29, 0.717) is 48.8 Å². The predicted octanol–water partition coefficient (Wildman–Crippen LogP) is 4.40. The van der Waals surface area contributed by atoms with Gasteiger partial charge in [-0.05, 0) is 30.7 Å². The number of benzene rings is 2. The Hall–Kier alpha value is -3.30. The van der Waals surface area contributed by atoms with Crippen molar-refractivity contribution in [1.29, 1.82) is 0 Å². The molecule has 2 N–H and O–H groups in total. The molecule has 10 heteroatoms. The van der Waals surface area contributed by atoms with E-state index in [1.807, 2.05) is 36.1 Å². The minimum absolute atomic E-state index is 0.171. The minimum Gasteiger partial charge on any atom is -0.508 e. The highest BCUT2D eigenvalue weighted by atomic mass is 35.5. The molecule has 1 aromatic heterocycles. The summed E-state index contributed by atoms with van der Waals surface area (Å²) < 4.78 is 5.42. The number of ether oxygens (including phenoxy) is 1. The molecule has 4 rings (SSSR count). The first-order valence-corrected chi connectivity index (χ1v) is 10.2. The van der Waals surface area contributed by atoms with E-state index in [1.165, 1.54) is 0 Å². The molecular weight excluding hydrogens is 418 g/mol. The third-order valence-corrected chi connectivity index (χ3v) is 5.13. The second-order valence-electron chi connectivity index (χ2n) is 6.98. The Kier molecular flexibility index (Phi) is 6.54. The first kappa shape index (κ1) is 21.0. The quantitative estimate of drug-likeness (QED) is 0.548. The number of aromatic hydroxyl groups is 1. The van der Waals surface area contributed by atoms with Crippen molar-refractivity contribution in [3.8, 4) is 5.75 Å². The molecule has 1 aliphatic heterocycles. The number of hydrogen-bond acceptors (Lipinski definition) is 9. The second-order valence-corrected chi connectivity index (χ2v) is 7.38. The number of aryl methyl sites for hydroxylation is 1. The average molecular weight is 440 g/mol. The first-order valence-electron chi connectivity index (χ1n) is 9.85. The smallest absolute Gasteiger partial charge is 0.275 e. The third-order valence-electron chi connectivity index (χ3n) is 4.73. The highest BCUT2D eigenvalue weighted by Crippen LogP contribution is 2.24. The van der Waals surface area contributed by atoms with Gasteiger partial charge in [0.05, 0.1) is 19.8 Å². The Morgan fingerprint density at radius 2 is 1.94 bits per heavy atom. The number of morpholine rings is 1. The minimum atomic E-state index is 0.171. The van der Waals surface area contributed by atoms with Gasteiger partial charge in [-0.2, -0.15) is 20.1 Å². The van der Waals surface area contributed by atoms with Gasteiger partial charge in [0, 0.05) is 29.4 Å². The molecule has 2 aromatic carbocycles. The number of phenols is 1. The molecule has 160 valence electrons. The zero-order valence-electron chi connectivity index (χ0n) is 17.0. The van der Waals surface area contributed by atoms with E-state index in [4.69, 9.17) is 16.3 Å². The molecule has 0 unspecified atom stereocenters. The van der Waals surface area contributed by atoms with E-state index < -0.39 is 0 Å². The van der Waals surface area contributed by atoms with Crippen LogP contribution in [0.2, 0.25) is 5.02 Å². The van der Waals surface area contributed by atoms with E-state index in [1.54, 1.807) is 18.2 Å². The lowest BCUT2D eigenvalue weighted by molar-refractivity contribution is 0.122. The molecule has 0 spiro atoms. The molecule has 9 nitrogen and oxygen atoms in total. The summed E-state index contributed by atoms with van der Waals surface area (Å²) >= 11 is 6.23. The summed E-state index contributed by atoms with van der Waals surface area (Å²) in [6, 6.07) is 12.6. The lowest BCUT2D eigenvalue weighted by Crippen LogP contribution is -2.37. The zero-order valence-corrected chi connectivity index (χ0v) is 17.7. The highest BCUT2D eigenvalue weighted by molar-refractivity contribution is 6.31. The number of nitrogens with one attached hydrogen (secondary N) is 1. The van der Waals surface area contributed by atoms with E-state index in [0.717, 1.165) is 11.3 Å². The van der Waals surface area contributed by atoms with E-state index in [9.17, 15) is 5.11 Å². The van der Waals surface area contributed by atoms with Crippen molar-refractivity contribution in [1.82, 2.24) is 15.0 Å². The summed E-state index contributed by atoms with van der Waals surface area (Å²) in [4.78, 5) is 15.4. The number of nitrogens with zero attached hydrogens (tertiary/aromatic N) is 6. The fraction of sp³-hybridized carbons (Fsp3) is 0.286. The van der Waals surface area contributed by atoms with Crippen LogP contribution in [0.4, 0.5) is 23.5 Å². The molecule has 1 fully saturated rings. The largest absolute Gasteiger partial charge is 0.508 e. The maximum atomic E-state index is 9.89. The molecule has 1 saturated heterocycles. The number of aromatic nitrogens is 3. The van der Waals surface area contributed by atoms with Crippen LogP contribution in [-0.2, 0) is 11.3 Å². The van der Waals surface area contributed by atoms with Gasteiger partial charge in [0.25, 0.3) is 5.95 Å². The van der Waals surface area contributed by atoms with Crippen molar-refractivity contribution in [3.63, 3.8) is 0 Å². The number of phenolic OH excluding ortho intramolecular Hbond substituents is 1. The van der Waals surface area contributed by atoms with Gasteiger partial charge >= 0.3 is 0 Å². The van der Waals surface area contributed by atoms with Gasteiger partial charge in [-0.15, -0.1) is 5.11 Å². The van der Waals surface area contributed by atoms with Gasteiger partial charge in [-0.3, -0.25) is 0 Å². The van der Waals surface area contributed by atoms with E-state index >= 15 is 0 Å². The number of rotatable bonds is 6. The molecule has 0 saturated carbocycles. The lowest BCUT2D eigenvalue weighted by atomic mass is 10.2. The Morgan fingerprint density at radius 3 is 2.71 bits per heavy atom. The van der Waals surface area contributed by atoms with Gasteiger partial charge < -0.3 is 20.1 Å². The second kappa shape index (κ2) is 9.67. The fourth-order valence-corrected chi connectivity index (χ4v) is 3.16. The predicted molar refractivity (Wildman–Crippen MR) is 119 cm³/mol. The molecule has 31 heavy (non-hydrogen) atoms. The Morgan fingerprint density at radius 1 is 1.13 bits per heavy atom.